The third-order valence-corrected chi connectivity index (χ3v) is 3.58. The Morgan fingerprint density at radius 1 is 1.22 bits per heavy atom. The zero-order valence-corrected chi connectivity index (χ0v) is 10.5. The number of likely N-dealkylation sites (N-methyl/N-ethyl adjacent to an activating group) is 1. The Morgan fingerprint density at radius 3 is 2.78 bits per heavy atom. The molecular weight excluding hydrogens is 230 g/mol. The normalized spacial score (nSPS) is 24.1. The first-order chi connectivity index (χ1) is 8.74. The van der Waals surface area contributed by atoms with Crippen molar-refractivity contribution in [3.05, 3.63) is 23.8 Å². The number of carbonyl (C=O) groups excluding carboxylic acids is 1. The molecule has 1 unspecified atom stereocenters. The van der Waals surface area contributed by atoms with E-state index in [9.17, 15) is 4.79 Å². The van der Waals surface area contributed by atoms with Crippen LogP contribution in [-0.4, -0.2) is 44.0 Å². The van der Waals surface area contributed by atoms with Crippen LogP contribution in [0.4, 0.5) is 0 Å². The summed E-state index contributed by atoms with van der Waals surface area (Å²) in [5, 5.41) is 0. The van der Waals surface area contributed by atoms with Gasteiger partial charge in [0.05, 0.1) is 6.54 Å². The lowest BCUT2D eigenvalue weighted by Gasteiger charge is -2.28. The maximum absolute atomic E-state index is 12.1. The van der Waals surface area contributed by atoms with E-state index in [1.165, 1.54) is 0 Å². The van der Waals surface area contributed by atoms with Crippen LogP contribution in [0.3, 0.4) is 0 Å². The van der Waals surface area contributed by atoms with Gasteiger partial charge in [0, 0.05) is 5.92 Å². The highest BCUT2D eigenvalue weighted by Gasteiger charge is 2.27. The van der Waals surface area contributed by atoms with E-state index in [4.69, 9.17) is 9.47 Å². The third kappa shape index (κ3) is 2.08. The van der Waals surface area contributed by atoms with Crippen molar-refractivity contribution >= 4 is 5.78 Å². The van der Waals surface area contributed by atoms with E-state index in [0.717, 1.165) is 30.0 Å². The van der Waals surface area contributed by atoms with Crippen molar-refractivity contribution in [2.24, 2.45) is 0 Å². The minimum Gasteiger partial charge on any atom is -0.486 e. The monoisotopic (exact) mass is 247 g/mol. The number of ether oxygens (including phenoxy) is 2. The number of piperidine rings is 1. The standard InChI is InChI=1S/C14H17NO3/c1-15-5-4-11(12(16)9-15)10-2-3-13-14(8-10)18-7-6-17-13/h2-3,8,11H,4-7,9H2,1H3. The van der Waals surface area contributed by atoms with Gasteiger partial charge >= 0.3 is 0 Å². The molecular formula is C14H17NO3. The summed E-state index contributed by atoms with van der Waals surface area (Å²) in [4.78, 5) is 14.1. The molecule has 4 nitrogen and oxygen atoms in total. The lowest BCUT2D eigenvalue weighted by molar-refractivity contribution is -0.123. The first-order valence-corrected chi connectivity index (χ1v) is 6.35. The number of rotatable bonds is 1. The van der Waals surface area contributed by atoms with Crippen molar-refractivity contribution in [3.63, 3.8) is 0 Å². The van der Waals surface area contributed by atoms with Crippen LogP contribution < -0.4 is 9.47 Å². The van der Waals surface area contributed by atoms with Crippen LogP contribution in [0.2, 0.25) is 0 Å². The molecule has 2 aliphatic heterocycles. The Hall–Kier alpha value is -1.55. The van der Waals surface area contributed by atoms with Crippen LogP contribution in [0.1, 0.15) is 17.9 Å². The lowest BCUT2D eigenvalue weighted by Crippen LogP contribution is -2.37. The van der Waals surface area contributed by atoms with E-state index >= 15 is 0 Å². The predicted molar refractivity (Wildman–Crippen MR) is 67.3 cm³/mol. The summed E-state index contributed by atoms with van der Waals surface area (Å²) in [5.41, 5.74) is 1.05. The van der Waals surface area contributed by atoms with E-state index in [1.54, 1.807) is 0 Å². The van der Waals surface area contributed by atoms with Gasteiger partial charge in [0.25, 0.3) is 0 Å². The average Bonchev–Trinajstić information content (AvgIpc) is 2.38. The van der Waals surface area contributed by atoms with Crippen molar-refractivity contribution in [2.45, 2.75) is 12.3 Å². The van der Waals surface area contributed by atoms with Gasteiger partial charge in [0.2, 0.25) is 0 Å². The molecule has 0 aromatic heterocycles. The molecule has 0 saturated carbocycles. The molecule has 0 N–H and O–H groups in total. The van der Waals surface area contributed by atoms with Crippen LogP contribution in [0.5, 0.6) is 11.5 Å². The maximum atomic E-state index is 12.1. The summed E-state index contributed by atoms with van der Waals surface area (Å²) in [7, 11) is 1.98. The third-order valence-electron chi connectivity index (χ3n) is 3.58. The topological polar surface area (TPSA) is 38.8 Å². The van der Waals surface area contributed by atoms with E-state index in [0.29, 0.717) is 25.5 Å². The summed E-state index contributed by atoms with van der Waals surface area (Å²) in [6.07, 6.45) is 0.884. The van der Waals surface area contributed by atoms with E-state index in [1.807, 2.05) is 25.2 Å². The molecule has 1 aromatic rings. The highest BCUT2D eigenvalue weighted by atomic mass is 16.6. The molecule has 3 rings (SSSR count). The summed E-state index contributed by atoms with van der Waals surface area (Å²) >= 11 is 0. The zero-order chi connectivity index (χ0) is 12.5. The number of ketones is 1. The molecule has 0 aliphatic carbocycles. The fourth-order valence-electron chi connectivity index (χ4n) is 2.60. The Labute approximate surface area is 106 Å². The summed E-state index contributed by atoms with van der Waals surface area (Å²) in [6, 6.07) is 5.86. The van der Waals surface area contributed by atoms with E-state index < -0.39 is 0 Å². The van der Waals surface area contributed by atoms with Gasteiger partial charge in [-0.2, -0.15) is 0 Å². The SMILES string of the molecule is CN1CCC(c2ccc3c(c2)OCCO3)C(=O)C1. The van der Waals surface area contributed by atoms with Crippen molar-refractivity contribution in [3.8, 4) is 11.5 Å². The number of hydrogen-bond acceptors (Lipinski definition) is 4. The largest absolute Gasteiger partial charge is 0.486 e. The second kappa shape index (κ2) is 4.61. The minimum absolute atomic E-state index is 0.0111. The number of likely N-dealkylation sites (tertiary alicyclic amines) is 1. The van der Waals surface area contributed by atoms with Crippen molar-refractivity contribution in [1.29, 1.82) is 0 Å². The molecule has 0 radical (unpaired) electrons. The molecule has 4 heteroatoms. The molecule has 0 spiro atoms. The lowest BCUT2D eigenvalue weighted by atomic mass is 9.88. The highest BCUT2D eigenvalue weighted by molar-refractivity contribution is 5.88. The van der Waals surface area contributed by atoms with Crippen LogP contribution >= 0.6 is 0 Å². The number of nitrogens with zero attached hydrogens (tertiary/aromatic N) is 1. The number of carbonyl (C=O) groups is 1. The molecule has 1 atom stereocenters. The fraction of sp³-hybridized carbons (Fsp3) is 0.500. The zero-order valence-electron chi connectivity index (χ0n) is 10.5. The number of benzene rings is 1. The fourth-order valence-corrected chi connectivity index (χ4v) is 2.60. The first kappa shape index (κ1) is 11.5. The summed E-state index contributed by atoms with van der Waals surface area (Å²) < 4.78 is 11.1. The quantitative estimate of drug-likeness (QED) is 0.753. The Bertz CT molecular complexity index is 472. The van der Waals surface area contributed by atoms with Gasteiger partial charge in [-0.05, 0) is 37.7 Å². The van der Waals surface area contributed by atoms with Gasteiger partial charge in [-0.15, -0.1) is 0 Å². The number of fused-ring (bicyclic) bond motifs is 1. The molecule has 0 amide bonds. The van der Waals surface area contributed by atoms with Gasteiger partial charge in [0.15, 0.2) is 17.3 Å². The highest BCUT2D eigenvalue weighted by Crippen LogP contribution is 2.35. The van der Waals surface area contributed by atoms with Gasteiger partial charge in [-0.3, -0.25) is 9.69 Å². The van der Waals surface area contributed by atoms with Gasteiger partial charge in [0.1, 0.15) is 13.2 Å². The molecule has 1 fully saturated rings. The van der Waals surface area contributed by atoms with Gasteiger partial charge < -0.3 is 9.47 Å². The second-order valence-corrected chi connectivity index (χ2v) is 4.95. The van der Waals surface area contributed by atoms with Gasteiger partial charge in [-0.1, -0.05) is 6.07 Å². The molecule has 1 aromatic carbocycles. The smallest absolute Gasteiger partial charge is 0.161 e. The Kier molecular flexibility index (Phi) is 2.96. The van der Waals surface area contributed by atoms with Gasteiger partial charge in [-0.25, -0.2) is 0 Å². The predicted octanol–water partition coefficient (Wildman–Crippen LogP) is 1.45. The molecule has 18 heavy (non-hydrogen) atoms. The molecule has 0 bridgehead atoms. The van der Waals surface area contributed by atoms with Crippen molar-refractivity contribution in [1.82, 2.24) is 4.90 Å². The Balaban J connectivity index is 1.86. The van der Waals surface area contributed by atoms with Crippen LogP contribution in [0.15, 0.2) is 18.2 Å². The average molecular weight is 247 g/mol. The summed E-state index contributed by atoms with van der Waals surface area (Å²) in [5.74, 6) is 1.85. The molecule has 2 aliphatic rings. The minimum atomic E-state index is 0.0111. The van der Waals surface area contributed by atoms with Crippen LogP contribution in [0.25, 0.3) is 0 Å². The van der Waals surface area contributed by atoms with Crippen molar-refractivity contribution in [2.75, 3.05) is 33.4 Å². The summed E-state index contributed by atoms with van der Waals surface area (Å²) in [6.45, 7) is 2.68. The maximum Gasteiger partial charge on any atom is 0.161 e. The molecule has 96 valence electrons. The number of Topliss-reactive ketones (excluding diaryl/α,β-unsaturated/α-hetero) is 1. The molecule has 2 heterocycles. The van der Waals surface area contributed by atoms with Crippen LogP contribution in [0, 0.1) is 0 Å². The second-order valence-electron chi connectivity index (χ2n) is 4.95. The first-order valence-electron chi connectivity index (χ1n) is 6.35. The van der Waals surface area contributed by atoms with Crippen LogP contribution in [-0.2, 0) is 4.79 Å². The number of hydrogen-bond donors (Lipinski definition) is 0. The Morgan fingerprint density at radius 2 is 2.00 bits per heavy atom. The van der Waals surface area contributed by atoms with E-state index in [-0.39, 0.29) is 5.92 Å². The van der Waals surface area contributed by atoms with E-state index in [2.05, 4.69) is 4.90 Å². The molecule has 1 saturated heterocycles. The van der Waals surface area contributed by atoms with Crippen molar-refractivity contribution < 1.29 is 14.3 Å².